The molecule has 1 aliphatic heterocycles. The minimum absolute atomic E-state index is 0.127. The number of anilines is 1. The standard InChI is InChI=1S/C24H25F3N2OS/c1-15-11-12-16-18(28-15)8-6-9-19(16)29-21(25)23(3,30)24(26,27)22(2)13-14-31-20-10-5-4-7-17(20)22/h4-12,21,29-30H,13-14H2,1-3H3. The van der Waals surface area contributed by atoms with Crippen LogP contribution in [0.15, 0.2) is 59.5 Å². The van der Waals surface area contributed by atoms with Crippen LogP contribution in [0.3, 0.4) is 0 Å². The Labute approximate surface area is 184 Å². The van der Waals surface area contributed by atoms with Crippen LogP contribution in [0.5, 0.6) is 0 Å². The smallest absolute Gasteiger partial charge is 0.289 e. The summed E-state index contributed by atoms with van der Waals surface area (Å²) in [6.45, 7) is 4.12. The molecule has 0 aliphatic carbocycles. The van der Waals surface area contributed by atoms with Gasteiger partial charge in [-0.1, -0.05) is 24.3 Å². The van der Waals surface area contributed by atoms with Gasteiger partial charge in [-0.25, -0.2) is 13.2 Å². The third-order valence-electron chi connectivity index (χ3n) is 6.32. The summed E-state index contributed by atoms with van der Waals surface area (Å²) < 4.78 is 47.2. The number of alkyl halides is 3. The van der Waals surface area contributed by atoms with Crippen molar-refractivity contribution >= 4 is 28.4 Å². The lowest BCUT2D eigenvalue weighted by atomic mass is 9.68. The number of halogens is 3. The summed E-state index contributed by atoms with van der Waals surface area (Å²) >= 11 is 1.50. The Kier molecular flexibility index (Phi) is 5.46. The minimum Gasteiger partial charge on any atom is -0.379 e. The van der Waals surface area contributed by atoms with Gasteiger partial charge in [0.1, 0.15) is 0 Å². The maximum Gasteiger partial charge on any atom is 0.289 e. The van der Waals surface area contributed by atoms with Gasteiger partial charge in [-0.15, -0.1) is 11.8 Å². The molecular weight excluding hydrogens is 421 g/mol. The van der Waals surface area contributed by atoms with E-state index in [1.54, 1.807) is 54.6 Å². The van der Waals surface area contributed by atoms with E-state index in [1.807, 2.05) is 6.92 Å². The quantitative estimate of drug-likeness (QED) is 0.466. The summed E-state index contributed by atoms with van der Waals surface area (Å²) in [6, 6.07) is 15.5. The second kappa shape index (κ2) is 7.71. The van der Waals surface area contributed by atoms with E-state index in [1.165, 1.54) is 18.7 Å². The number of fused-ring (bicyclic) bond motifs is 2. The fourth-order valence-electron chi connectivity index (χ4n) is 4.25. The van der Waals surface area contributed by atoms with Crippen molar-refractivity contribution in [3.63, 3.8) is 0 Å². The first-order chi connectivity index (χ1) is 14.6. The molecule has 3 atom stereocenters. The first kappa shape index (κ1) is 22.0. The molecule has 3 unspecified atom stereocenters. The van der Waals surface area contributed by atoms with Crippen molar-refractivity contribution in [1.29, 1.82) is 0 Å². The van der Waals surface area contributed by atoms with Gasteiger partial charge in [-0.05, 0) is 68.8 Å². The Morgan fingerprint density at radius 3 is 2.65 bits per heavy atom. The zero-order chi connectivity index (χ0) is 22.4. The Bertz CT molecular complexity index is 1120. The fourth-order valence-corrected chi connectivity index (χ4v) is 5.61. The average molecular weight is 447 g/mol. The summed E-state index contributed by atoms with van der Waals surface area (Å²) in [6.07, 6.45) is -2.28. The molecule has 3 nitrogen and oxygen atoms in total. The molecule has 3 aromatic rings. The first-order valence-electron chi connectivity index (χ1n) is 10.2. The lowest BCUT2D eigenvalue weighted by Gasteiger charge is -2.48. The molecule has 2 N–H and O–H groups in total. The van der Waals surface area contributed by atoms with Crippen LogP contribution in [0.2, 0.25) is 0 Å². The summed E-state index contributed by atoms with van der Waals surface area (Å²) in [5.74, 6) is -3.28. The van der Waals surface area contributed by atoms with Crippen LogP contribution in [-0.2, 0) is 5.41 Å². The predicted molar refractivity (Wildman–Crippen MR) is 120 cm³/mol. The zero-order valence-electron chi connectivity index (χ0n) is 17.6. The highest BCUT2D eigenvalue weighted by Gasteiger charge is 2.66. The molecule has 7 heteroatoms. The number of aryl methyl sites for hydroxylation is 1. The van der Waals surface area contributed by atoms with E-state index in [2.05, 4.69) is 10.3 Å². The monoisotopic (exact) mass is 446 g/mol. The van der Waals surface area contributed by atoms with Crippen molar-refractivity contribution in [2.45, 2.75) is 55.3 Å². The van der Waals surface area contributed by atoms with Gasteiger partial charge in [0, 0.05) is 21.7 Å². The van der Waals surface area contributed by atoms with Crippen LogP contribution >= 0.6 is 11.8 Å². The van der Waals surface area contributed by atoms with Crippen LogP contribution in [0.1, 0.15) is 31.5 Å². The van der Waals surface area contributed by atoms with E-state index in [0.29, 0.717) is 27.9 Å². The molecule has 4 rings (SSSR count). The molecule has 0 saturated heterocycles. The third-order valence-corrected chi connectivity index (χ3v) is 7.39. The SMILES string of the molecule is Cc1ccc2c(NC(F)C(C)(O)C(F)(F)C3(C)CCSc4ccccc43)cccc2n1. The molecule has 0 saturated carbocycles. The van der Waals surface area contributed by atoms with Gasteiger partial charge in [-0.2, -0.15) is 0 Å². The van der Waals surface area contributed by atoms with E-state index in [-0.39, 0.29) is 6.42 Å². The maximum atomic E-state index is 15.9. The number of nitrogens with zero attached hydrogens (tertiary/aromatic N) is 1. The highest BCUT2D eigenvalue weighted by molar-refractivity contribution is 7.99. The number of thioether (sulfide) groups is 1. The molecule has 0 radical (unpaired) electrons. The number of hydrogen-bond acceptors (Lipinski definition) is 4. The maximum absolute atomic E-state index is 15.9. The molecule has 31 heavy (non-hydrogen) atoms. The van der Waals surface area contributed by atoms with Crippen molar-refractivity contribution < 1.29 is 18.3 Å². The Morgan fingerprint density at radius 1 is 1.13 bits per heavy atom. The normalized spacial score (nSPS) is 21.9. The molecule has 1 aromatic heterocycles. The van der Waals surface area contributed by atoms with Crippen LogP contribution < -0.4 is 5.32 Å². The van der Waals surface area contributed by atoms with Gasteiger partial charge >= 0.3 is 0 Å². The molecule has 0 bridgehead atoms. The molecule has 0 fully saturated rings. The van der Waals surface area contributed by atoms with Crippen LogP contribution in [0.4, 0.5) is 18.9 Å². The predicted octanol–water partition coefficient (Wildman–Crippen LogP) is 6.09. The first-order valence-corrected chi connectivity index (χ1v) is 11.2. The highest BCUT2D eigenvalue weighted by Crippen LogP contribution is 2.54. The molecule has 2 aromatic carbocycles. The number of pyridine rings is 1. The van der Waals surface area contributed by atoms with Crippen molar-refractivity contribution in [2.75, 3.05) is 11.1 Å². The number of nitrogens with one attached hydrogen (secondary N) is 1. The molecule has 0 amide bonds. The summed E-state index contributed by atoms with van der Waals surface area (Å²) in [5.41, 5.74) is -2.51. The van der Waals surface area contributed by atoms with E-state index < -0.39 is 23.2 Å². The Balaban J connectivity index is 1.69. The molecular formula is C24H25F3N2OS. The van der Waals surface area contributed by atoms with Crippen molar-refractivity contribution in [3.05, 3.63) is 65.9 Å². The van der Waals surface area contributed by atoms with E-state index in [4.69, 9.17) is 0 Å². The van der Waals surface area contributed by atoms with Gasteiger partial charge < -0.3 is 10.4 Å². The minimum atomic E-state index is -3.75. The van der Waals surface area contributed by atoms with E-state index >= 15 is 13.2 Å². The fraction of sp³-hybridized carbons (Fsp3) is 0.375. The Hall–Kier alpha value is -2.25. The van der Waals surface area contributed by atoms with Gasteiger partial charge in [0.2, 0.25) is 6.30 Å². The summed E-state index contributed by atoms with van der Waals surface area (Å²) in [5, 5.41) is 14.0. The number of benzene rings is 2. The lowest BCUT2D eigenvalue weighted by Crippen LogP contribution is -2.64. The number of rotatable bonds is 5. The van der Waals surface area contributed by atoms with Gasteiger partial charge in [0.25, 0.3) is 5.92 Å². The highest BCUT2D eigenvalue weighted by atomic mass is 32.2. The van der Waals surface area contributed by atoms with Crippen LogP contribution in [-0.4, -0.2) is 33.7 Å². The van der Waals surface area contributed by atoms with Gasteiger partial charge in [0.15, 0.2) is 5.60 Å². The molecule has 2 heterocycles. The third kappa shape index (κ3) is 3.48. The number of aliphatic hydroxyl groups is 1. The molecule has 164 valence electrons. The number of aromatic nitrogens is 1. The van der Waals surface area contributed by atoms with E-state index in [0.717, 1.165) is 17.5 Å². The Morgan fingerprint density at radius 2 is 1.87 bits per heavy atom. The largest absolute Gasteiger partial charge is 0.379 e. The number of hydrogen-bond donors (Lipinski definition) is 2. The van der Waals surface area contributed by atoms with Gasteiger partial charge in [-0.3, -0.25) is 4.98 Å². The van der Waals surface area contributed by atoms with Crippen LogP contribution in [0.25, 0.3) is 10.9 Å². The zero-order valence-corrected chi connectivity index (χ0v) is 18.4. The van der Waals surface area contributed by atoms with Gasteiger partial charge in [0.05, 0.1) is 10.9 Å². The lowest BCUT2D eigenvalue weighted by molar-refractivity contribution is -0.232. The topological polar surface area (TPSA) is 45.1 Å². The molecule has 0 spiro atoms. The van der Waals surface area contributed by atoms with Crippen molar-refractivity contribution in [2.24, 2.45) is 0 Å². The molecule has 1 aliphatic rings. The van der Waals surface area contributed by atoms with Crippen molar-refractivity contribution in [3.8, 4) is 0 Å². The average Bonchev–Trinajstić information content (AvgIpc) is 2.73. The second-order valence-corrected chi connectivity index (χ2v) is 9.62. The van der Waals surface area contributed by atoms with E-state index in [9.17, 15) is 5.11 Å². The summed E-state index contributed by atoms with van der Waals surface area (Å²) in [7, 11) is 0. The second-order valence-electron chi connectivity index (χ2n) is 8.48. The van der Waals surface area contributed by atoms with Crippen LogP contribution in [0, 0.1) is 6.92 Å². The summed E-state index contributed by atoms with van der Waals surface area (Å²) in [4.78, 5) is 5.13. The van der Waals surface area contributed by atoms with Crippen molar-refractivity contribution in [1.82, 2.24) is 4.98 Å².